The minimum Gasteiger partial charge on any atom is -0.335 e. The lowest BCUT2D eigenvalue weighted by Gasteiger charge is -2.07. The van der Waals surface area contributed by atoms with E-state index in [0.717, 1.165) is 15.9 Å². The van der Waals surface area contributed by atoms with Crippen molar-refractivity contribution in [2.45, 2.75) is 24.6 Å². The Balaban J connectivity index is 1.48. The number of aliphatic imine (C=N–C) groups is 2. The number of aryl methyl sites for hydroxylation is 2. The van der Waals surface area contributed by atoms with Crippen LogP contribution < -0.4 is 5.32 Å². The largest absolute Gasteiger partial charge is 0.335 e. The second-order valence-corrected chi connectivity index (χ2v) is 8.30. The van der Waals surface area contributed by atoms with Gasteiger partial charge in [-0.1, -0.05) is 71.0 Å². The number of nitrogens with one attached hydrogen (secondary N) is 1. The average Bonchev–Trinajstić information content (AvgIpc) is 3.09. The van der Waals surface area contributed by atoms with Crippen molar-refractivity contribution < 1.29 is 0 Å². The fourth-order valence-corrected chi connectivity index (χ4v) is 4.93. The molecule has 5 heteroatoms. The molecule has 2 heterocycles. The Labute approximate surface area is 144 Å². The molecule has 0 saturated carbocycles. The summed E-state index contributed by atoms with van der Waals surface area (Å²) in [6.07, 6.45) is 0.0225. The molecule has 0 spiro atoms. The lowest BCUT2D eigenvalue weighted by Crippen LogP contribution is -2.06. The van der Waals surface area contributed by atoms with Gasteiger partial charge in [0.2, 0.25) is 0 Å². The maximum absolute atomic E-state index is 4.79. The topological polar surface area (TPSA) is 36.8 Å². The molecule has 116 valence electrons. The Kier molecular flexibility index (Phi) is 3.91. The van der Waals surface area contributed by atoms with E-state index >= 15 is 0 Å². The van der Waals surface area contributed by atoms with Crippen LogP contribution in [0.2, 0.25) is 0 Å². The Morgan fingerprint density at radius 3 is 2.13 bits per heavy atom. The molecule has 0 aromatic heterocycles. The van der Waals surface area contributed by atoms with Crippen molar-refractivity contribution in [3.63, 3.8) is 0 Å². The molecule has 0 saturated heterocycles. The molecule has 0 bridgehead atoms. The number of hydrogen-bond acceptors (Lipinski definition) is 5. The molecule has 23 heavy (non-hydrogen) atoms. The first-order chi connectivity index (χ1) is 11.2. The smallest absolute Gasteiger partial charge is 0.165 e. The fraction of sp³-hybridized carbons (Fsp3) is 0.222. The van der Waals surface area contributed by atoms with Gasteiger partial charge in [-0.2, -0.15) is 0 Å². The van der Waals surface area contributed by atoms with Gasteiger partial charge in [0.05, 0.1) is 0 Å². The van der Waals surface area contributed by atoms with Crippen molar-refractivity contribution in [3.05, 3.63) is 65.2 Å². The zero-order valence-electron chi connectivity index (χ0n) is 13.0. The highest BCUT2D eigenvalue weighted by Crippen LogP contribution is 2.43. The Hall–Kier alpha value is -1.72. The highest BCUT2D eigenvalue weighted by atomic mass is 32.2. The summed E-state index contributed by atoms with van der Waals surface area (Å²) in [7, 11) is 0. The van der Waals surface area contributed by atoms with Crippen LogP contribution in [0, 0.1) is 13.8 Å². The molecule has 2 aliphatic rings. The van der Waals surface area contributed by atoms with Crippen LogP contribution in [-0.2, 0) is 0 Å². The SMILES string of the molecule is Cc1ccc(NC2=NC3N=C(c4ccc(C)cc4)SC3S2)cc1. The van der Waals surface area contributed by atoms with Crippen molar-refractivity contribution >= 4 is 39.4 Å². The summed E-state index contributed by atoms with van der Waals surface area (Å²) in [4.78, 5) is 9.51. The number of thioether (sulfide) groups is 2. The van der Waals surface area contributed by atoms with Gasteiger partial charge < -0.3 is 5.32 Å². The molecule has 0 aliphatic carbocycles. The zero-order valence-corrected chi connectivity index (χ0v) is 14.6. The highest BCUT2D eigenvalue weighted by Gasteiger charge is 2.37. The van der Waals surface area contributed by atoms with E-state index in [4.69, 9.17) is 9.98 Å². The normalized spacial score (nSPS) is 22.5. The van der Waals surface area contributed by atoms with Crippen LogP contribution in [0.3, 0.4) is 0 Å². The molecule has 0 radical (unpaired) electrons. The molecule has 0 amide bonds. The van der Waals surface area contributed by atoms with Crippen LogP contribution in [-0.4, -0.2) is 21.0 Å². The van der Waals surface area contributed by atoms with Gasteiger partial charge in [0.25, 0.3) is 0 Å². The van der Waals surface area contributed by atoms with E-state index in [1.54, 1.807) is 11.8 Å². The van der Waals surface area contributed by atoms with Gasteiger partial charge in [-0.15, -0.1) is 0 Å². The van der Waals surface area contributed by atoms with Crippen LogP contribution in [0.25, 0.3) is 0 Å². The number of fused-ring (bicyclic) bond motifs is 1. The van der Waals surface area contributed by atoms with Crippen molar-refractivity contribution in [2.24, 2.45) is 9.98 Å². The molecule has 0 fully saturated rings. The van der Waals surface area contributed by atoms with Crippen LogP contribution in [0.4, 0.5) is 5.69 Å². The minimum atomic E-state index is 0.0225. The number of rotatable bonds is 2. The lowest BCUT2D eigenvalue weighted by atomic mass is 10.2. The summed E-state index contributed by atoms with van der Waals surface area (Å²) in [6, 6.07) is 16.9. The van der Waals surface area contributed by atoms with Crippen LogP contribution in [0.1, 0.15) is 16.7 Å². The number of hydrogen-bond donors (Lipinski definition) is 1. The quantitative estimate of drug-likeness (QED) is 0.864. The Morgan fingerprint density at radius 2 is 1.48 bits per heavy atom. The standard InChI is InChI=1S/C18H17N3S2/c1-11-3-7-13(8-4-11)16-20-15-17(22-16)23-18(21-15)19-14-9-5-12(2)6-10-14/h3-10,15,17H,1-2H3,(H,19,21). The summed E-state index contributed by atoms with van der Waals surface area (Å²) < 4.78 is 0.347. The lowest BCUT2D eigenvalue weighted by molar-refractivity contribution is 0.809. The molecule has 2 aromatic rings. The summed E-state index contributed by atoms with van der Waals surface area (Å²) in [5.74, 6) is 0. The number of benzene rings is 2. The molecular weight excluding hydrogens is 322 g/mol. The van der Waals surface area contributed by atoms with Gasteiger partial charge in [-0.05, 0) is 26.0 Å². The first kappa shape index (κ1) is 14.8. The number of nitrogens with zero attached hydrogens (tertiary/aromatic N) is 2. The van der Waals surface area contributed by atoms with E-state index < -0.39 is 0 Å². The van der Waals surface area contributed by atoms with Crippen molar-refractivity contribution in [2.75, 3.05) is 5.32 Å². The van der Waals surface area contributed by atoms with Crippen molar-refractivity contribution in [1.29, 1.82) is 0 Å². The van der Waals surface area contributed by atoms with Gasteiger partial charge in [-0.25, -0.2) is 9.98 Å². The number of amidine groups is 1. The second-order valence-electron chi connectivity index (χ2n) is 5.74. The van der Waals surface area contributed by atoms with Gasteiger partial charge in [0.1, 0.15) is 9.63 Å². The van der Waals surface area contributed by atoms with Gasteiger partial charge in [0, 0.05) is 11.3 Å². The maximum Gasteiger partial charge on any atom is 0.165 e. The summed E-state index contributed by atoms with van der Waals surface area (Å²) in [6.45, 7) is 4.19. The second kappa shape index (κ2) is 6.06. The van der Waals surface area contributed by atoms with Gasteiger partial charge in [-0.3, -0.25) is 0 Å². The maximum atomic E-state index is 4.79. The van der Waals surface area contributed by atoms with E-state index in [9.17, 15) is 0 Å². The molecule has 4 rings (SSSR count). The molecule has 2 aromatic carbocycles. The minimum absolute atomic E-state index is 0.0225. The first-order valence-electron chi connectivity index (χ1n) is 7.57. The van der Waals surface area contributed by atoms with Gasteiger partial charge in [0.15, 0.2) is 11.3 Å². The van der Waals surface area contributed by atoms with E-state index in [2.05, 4.69) is 67.7 Å². The molecule has 2 aliphatic heterocycles. The van der Waals surface area contributed by atoms with E-state index in [1.165, 1.54) is 16.7 Å². The van der Waals surface area contributed by atoms with Crippen LogP contribution in [0.15, 0.2) is 58.5 Å². The Bertz CT molecular complexity index is 779. The summed E-state index contributed by atoms with van der Waals surface area (Å²) in [5.41, 5.74) is 4.80. The van der Waals surface area contributed by atoms with E-state index in [-0.39, 0.29) is 6.17 Å². The highest BCUT2D eigenvalue weighted by molar-refractivity contribution is 8.31. The third-order valence-electron chi connectivity index (χ3n) is 3.80. The predicted molar refractivity (Wildman–Crippen MR) is 103 cm³/mol. The monoisotopic (exact) mass is 339 g/mol. The average molecular weight is 339 g/mol. The third kappa shape index (κ3) is 3.16. The fourth-order valence-electron chi connectivity index (χ4n) is 2.48. The third-order valence-corrected chi connectivity index (χ3v) is 6.32. The predicted octanol–water partition coefficient (Wildman–Crippen LogP) is 4.66. The van der Waals surface area contributed by atoms with Gasteiger partial charge >= 0.3 is 0 Å². The number of anilines is 1. The summed E-state index contributed by atoms with van der Waals surface area (Å²) in [5, 5.41) is 5.45. The molecule has 1 N–H and O–H groups in total. The van der Waals surface area contributed by atoms with E-state index in [0.29, 0.717) is 4.58 Å². The molecule has 3 nitrogen and oxygen atoms in total. The van der Waals surface area contributed by atoms with E-state index in [1.807, 2.05) is 11.8 Å². The summed E-state index contributed by atoms with van der Waals surface area (Å²) >= 11 is 3.58. The molecule has 2 unspecified atom stereocenters. The molecular formula is C18H17N3S2. The van der Waals surface area contributed by atoms with Crippen molar-refractivity contribution in [1.82, 2.24) is 0 Å². The van der Waals surface area contributed by atoms with Crippen molar-refractivity contribution in [3.8, 4) is 0 Å². The van der Waals surface area contributed by atoms with Crippen LogP contribution >= 0.6 is 23.5 Å². The van der Waals surface area contributed by atoms with Crippen LogP contribution in [0.5, 0.6) is 0 Å². The molecule has 2 atom stereocenters. The Morgan fingerprint density at radius 1 is 0.826 bits per heavy atom. The zero-order chi connectivity index (χ0) is 15.8. The first-order valence-corrected chi connectivity index (χ1v) is 9.33.